The summed E-state index contributed by atoms with van der Waals surface area (Å²) >= 11 is 5.10. The van der Waals surface area contributed by atoms with Gasteiger partial charge in [-0.3, -0.25) is 4.68 Å². The molecule has 102 valence electrons. The van der Waals surface area contributed by atoms with Gasteiger partial charge >= 0.3 is 0 Å². The van der Waals surface area contributed by atoms with Gasteiger partial charge in [0, 0.05) is 28.2 Å². The molecule has 0 aliphatic rings. The van der Waals surface area contributed by atoms with Crippen LogP contribution in [0.3, 0.4) is 0 Å². The van der Waals surface area contributed by atoms with Crippen LogP contribution >= 0.6 is 27.3 Å². The summed E-state index contributed by atoms with van der Waals surface area (Å²) in [6.07, 6.45) is 3.71. The Morgan fingerprint density at radius 1 is 1.25 bits per heavy atom. The van der Waals surface area contributed by atoms with Gasteiger partial charge in [-0.1, -0.05) is 28.1 Å². The predicted octanol–water partition coefficient (Wildman–Crippen LogP) is 4.36. The predicted molar refractivity (Wildman–Crippen MR) is 86.5 cm³/mol. The molecule has 0 amide bonds. The summed E-state index contributed by atoms with van der Waals surface area (Å²) in [6, 6.07) is 8.20. The summed E-state index contributed by atoms with van der Waals surface area (Å²) in [5, 5.41) is 8.30. The number of aryl methyl sites for hydroxylation is 2. The molecule has 0 saturated heterocycles. The van der Waals surface area contributed by atoms with E-state index in [1.54, 1.807) is 22.2 Å². The molecule has 2 heterocycles. The van der Waals surface area contributed by atoms with E-state index in [0.717, 1.165) is 26.5 Å². The fourth-order valence-electron chi connectivity index (χ4n) is 1.93. The highest BCUT2D eigenvalue weighted by Crippen LogP contribution is 2.32. The molecule has 0 bridgehead atoms. The van der Waals surface area contributed by atoms with Crippen molar-refractivity contribution in [2.24, 2.45) is 7.05 Å². The van der Waals surface area contributed by atoms with Crippen LogP contribution in [-0.4, -0.2) is 14.8 Å². The molecule has 0 radical (unpaired) electrons. The van der Waals surface area contributed by atoms with Crippen LogP contribution in [0.15, 0.2) is 41.1 Å². The zero-order chi connectivity index (χ0) is 14.1. The maximum absolute atomic E-state index is 4.67. The fourth-order valence-corrected chi connectivity index (χ4v) is 3.06. The number of thiazole rings is 1. The third kappa shape index (κ3) is 2.76. The monoisotopic (exact) mass is 348 g/mol. The molecule has 4 nitrogen and oxygen atoms in total. The molecule has 0 aliphatic carbocycles. The van der Waals surface area contributed by atoms with E-state index in [2.05, 4.69) is 50.4 Å². The Hall–Kier alpha value is -1.66. The summed E-state index contributed by atoms with van der Waals surface area (Å²) < 4.78 is 2.83. The Kier molecular flexibility index (Phi) is 3.58. The highest BCUT2D eigenvalue weighted by atomic mass is 79.9. The lowest BCUT2D eigenvalue weighted by Crippen LogP contribution is -1.88. The zero-order valence-electron chi connectivity index (χ0n) is 11.1. The van der Waals surface area contributed by atoms with E-state index in [4.69, 9.17) is 0 Å². The fraction of sp³-hybridized carbons (Fsp3) is 0.143. The third-order valence-corrected chi connectivity index (χ3v) is 4.29. The van der Waals surface area contributed by atoms with Crippen LogP contribution in [0.4, 0.5) is 10.8 Å². The summed E-state index contributed by atoms with van der Waals surface area (Å²) in [6.45, 7) is 2.09. The normalized spacial score (nSPS) is 10.8. The molecule has 0 unspecified atom stereocenters. The first kappa shape index (κ1) is 13.3. The lowest BCUT2D eigenvalue weighted by atomic mass is 10.1. The Balaban J connectivity index is 1.89. The number of hydrogen-bond acceptors (Lipinski definition) is 4. The molecule has 1 aromatic carbocycles. The van der Waals surface area contributed by atoms with Crippen molar-refractivity contribution in [1.82, 2.24) is 14.8 Å². The number of hydrogen-bond donors (Lipinski definition) is 1. The minimum atomic E-state index is 0.883. The molecule has 0 atom stereocenters. The minimum absolute atomic E-state index is 0.883. The van der Waals surface area contributed by atoms with Gasteiger partial charge in [-0.15, -0.1) is 11.3 Å². The van der Waals surface area contributed by atoms with Crippen molar-refractivity contribution in [3.8, 4) is 11.3 Å². The van der Waals surface area contributed by atoms with Gasteiger partial charge in [-0.25, -0.2) is 4.98 Å². The van der Waals surface area contributed by atoms with Gasteiger partial charge in [-0.2, -0.15) is 5.10 Å². The van der Waals surface area contributed by atoms with Crippen LogP contribution in [0.5, 0.6) is 0 Å². The largest absolute Gasteiger partial charge is 0.329 e. The number of anilines is 2. The zero-order valence-corrected chi connectivity index (χ0v) is 13.5. The van der Waals surface area contributed by atoms with E-state index in [1.165, 1.54) is 4.88 Å². The standard InChI is InChI=1S/C14H13BrN4S/c1-9-13(10-3-5-11(15)6-4-10)18-14(20-9)17-12-7-16-19(2)8-12/h3-8H,1-2H3,(H,17,18). The average Bonchev–Trinajstić information content (AvgIpc) is 2.97. The lowest BCUT2D eigenvalue weighted by molar-refractivity contribution is 0.768. The quantitative estimate of drug-likeness (QED) is 0.764. The molecule has 0 spiro atoms. The van der Waals surface area contributed by atoms with Crippen LogP contribution < -0.4 is 5.32 Å². The first-order valence-electron chi connectivity index (χ1n) is 6.11. The molecule has 3 aromatic rings. The van der Waals surface area contributed by atoms with Crippen LogP contribution in [-0.2, 0) is 7.05 Å². The topological polar surface area (TPSA) is 42.7 Å². The van der Waals surface area contributed by atoms with E-state index in [9.17, 15) is 0 Å². The average molecular weight is 349 g/mol. The highest BCUT2D eigenvalue weighted by molar-refractivity contribution is 9.10. The Labute approximate surface area is 129 Å². The van der Waals surface area contributed by atoms with E-state index in [1.807, 2.05) is 25.4 Å². The highest BCUT2D eigenvalue weighted by Gasteiger charge is 2.10. The molecule has 1 N–H and O–H groups in total. The maximum Gasteiger partial charge on any atom is 0.188 e. The van der Waals surface area contributed by atoms with Crippen molar-refractivity contribution in [3.63, 3.8) is 0 Å². The molecular weight excluding hydrogens is 336 g/mol. The molecular formula is C14H13BrN4S. The SMILES string of the molecule is Cc1sc(Nc2cnn(C)c2)nc1-c1ccc(Br)cc1. The number of rotatable bonds is 3. The van der Waals surface area contributed by atoms with E-state index >= 15 is 0 Å². The number of nitrogens with zero attached hydrogens (tertiary/aromatic N) is 3. The lowest BCUT2D eigenvalue weighted by Gasteiger charge is -1.99. The smallest absolute Gasteiger partial charge is 0.188 e. The van der Waals surface area contributed by atoms with Crippen molar-refractivity contribution in [3.05, 3.63) is 46.0 Å². The summed E-state index contributed by atoms with van der Waals surface area (Å²) in [7, 11) is 1.89. The van der Waals surface area contributed by atoms with Gasteiger partial charge in [0.2, 0.25) is 0 Å². The Morgan fingerprint density at radius 2 is 2.00 bits per heavy atom. The molecule has 20 heavy (non-hydrogen) atoms. The molecule has 0 fully saturated rings. The minimum Gasteiger partial charge on any atom is -0.329 e. The van der Waals surface area contributed by atoms with Crippen molar-refractivity contribution in [1.29, 1.82) is 0 Å². The number of aromatic nitrogens is 3. The van der Waals surface area contributed by atoms with Crippen molar-refractivity contribution in [2.75, 3.05) is 5.32 Å². The first-order chi connectivity index (χ1) is 9.61. The second kappa shape index (κ2) is 5.38. The van der Waals surface area contributed by atoms with Gasteiger partial charge in [0.15, 0.2) is 5.13 Å². The Morgan fingerprint density at radius 3 is 2.65 bits per heavy atom. The van der Waals surface area contributed by atoms with Gasteiger partial charge in [0.25, 0.3) is 0 Å². The molecule has 0 aliphatic heterocycles. The number of nitrogens with one attached hydrogen (secondary N) is 1. The first-order valence-corrected chi connectivity index (χ1v) is 7.72. The Bertz CT molecular complexity index is 730. The molecule has 6 heteroatoms. The van der Waals surface area contributed by atoms with Crippen molar-refractivity contribution in [2.45, 2.75) is 6.92 Å². The molecule has 0 saturated carbocycles. The van der Waals surface area contributed by atoms with E-state index in [-0.39, 0.29) is 0 Å². The second-order valence-electron chi connectivity index (χ2n) is 4.46. The maximum atomic E-state index is 4.67. The van der Waals surface area contributed by atoms with Crippen molar-refractivity contribution < 1.29 is 0 Å². The van der Waals surface area contributed by atoms with E-state index in [0.29, 0.717) is 0 Å². The van der Waals surface area contributed by atoms with Crippen LogP contribution in [0.2, 0.25) is 0 Å². The van der Waals surface area contributed by atoms with Gasteiger partial charge < -0.3 is 5.32 Å². The van der Waals surface area contributed by atoms with Gasteiger partial charge in [0.1, 0.15) is 0 Å². The van der Waals surface area contributed by atoms with Crippen LogP contribution in [0.1, 0.15) is 4.88 Å². The summed E-state index contributed by atoms with van der Waals surface area (Å²) in [5.41, 5.74) is 3.10. The second-order valence-corrected chi connectivity index (χ2v) is 6.58. The van der Waals surface area contributed by atoms with E-state index < -0.39 is 0 Å². The summed E-state index contributed by atoms with van der Waals surface area (Å²) in [5.74, 6) is 0. The summed E-state index contributed by atoms with van der Waals surface area (Å²) in [4.78, 5) is 5.86. The third-order valence-electron chi connectivity index (χ3n) is 2.87. The number of halogens is 1. The molecule has 2 aromatic heterocycles. The van der Waals surface area contributed by atoms with Gasteiger partial charge in [0.05, 0.1) is 17.6 Å². The van der Waals surface area contributed by atoms with Crippen LogP contribution in [0.25, 0.3) is 11.3 Å². The van der Waals surface area contributed by atoms with Crippen LogP contribution in [0, 0.1) is 6.92 Å². The molecule has 3 rings (SSSR count). The number of benzene rings is 1. The van der Waals surface area contributed by atoms with Crippen molar-refractivity contribution >= 4 is 38.1 Å². The van der Waals surface area contributed by atoms with Gasteiger partial charge in [-0.05, 0) is 19.1 Å².